The minimum atomic E-state index is -1.01. The quantitative estimate of drug-likeness (QED) is 0.341. The highest BCUT2D eigenvalue weighted by Crippen LogP contribution is 2.70. The number of fused-ring (bicyclic) bond motifs is 4. The number of Topliss-reactive ketones (excluding diaryl/α,β-unsaturated/α-hetero) is 2. The van der Waals surface area contributed by atoms with Crippen LogP contribution in [-0.4, -0.2) is 29.4 Å². The summed E-state index contributed by atoms with van der Waals surface area (Å²) in [6.07, 6.45) is 5.58. The molecule has 2 saturated carbocycles. The van der Waals surface area contributed by atoms with Gasteiger partial charge in [0.25, 0.3) is 0 Å². The first kappa shape index (κ1) is 24.5. The van der Waals surface area contributed by atoms with Crippen LogP contribution in [0, 0.1) is 45.3 Å². The topological polar surface area (TPSA) is 55.9 Å². The van der Waals surface area contributed by atoms with Crippen LogP contribution in [0.2, 0.25) is 0 Å². The monoisotopic (exact) mass is 470 g/mol. The van der Waals surface area contributed by atoms with Gasteiger partial charge in [-0.15, -0.1) is 0 Å². The number of epoxide rings is 1. The van der Waals surface area contributed by atoms with Crippen molar-refractivity contribution in [3.63, 3.8) is 0 Å². The smallest absolute Gasteiger partial charge is 0.175 e. The summed E-state index contributed by atoms with van der Waals surface area (Å²) in [5, 5.41) is 0. The van der Waals surface area contributed by atoms with E-state index in [1.807, 2.05) is 27.7 Å². The molecule has 34 heavy (non-hydrogen) atoms. The summed E-state index contributed by atoms with van der Waals surface area (Å²) in [4.78, 5) is 27.6. The molecule has 2 aliphatic heterocycles. The van der Waals surface area contributed by atoms with E-state index in [4.69, 9.17) is 9.47 Å². The molecule has 0 bridgehead atoms. The van der Waals surface area contributed by atoms with Crippen molar-refractivity contribution >= 4 is 11.6 Å². The Hall–Kier alpha value is -1.16. The van der Waals surface area contributed by atoms with Crippen molar-refractivity contribution in [3.8, 4) is 0 Å². The van der Waals surface area contributed by atoms with Gasteiger partial charge in [0.05, 0.1) is 22.5 Å². The lowest BCUT2D eigenvalue weighted by Crippen LogP contribution is -2.58. The van der Waals surface area contributed by atoms with Crippen molar-refractivity contribution in [1.82, 2.24) is 0 Å². The molecule has 0 N–H and O–H groups in total. The normalized spacial score (nSPS) is 46.0. The van der Waals surface area contributed by atoms with Gasteiger partial charge in [0, 0.05) is 16.9 Å². The minimum Gasteiger partial charge on any atom is -0.492 e. The Balaban J connectivity index is 1.69. The first-order valence-electron chi connectivity index (χ1n) is 13.7. The fourth-order valence-electron chi connectivity index (χ4n) is 8.44. The van der Waals surface area contributed by atoms with Gasteiger partial charge in [0.15, 0.2) is 11.6 Å². The van der Waals surface area contributed by atoms with Gasteiger partial charge in [-0.1, -0.05) is 34.6 Å². The van der Waals surface area contributed by atoms with Crippen LogP contribution < -0.4 is 0 Å². The predicted octanol–water partition coefficient (Wildman–Crippen LogP) is 6.52. The molecular formula is C30H46O4. The molecule has 5 rings (SSSR count). The van der Waals surface area contributed by atoms with Gasteiger partial charge in [-0.25, -0.2) is 0 Å². The van der Waals surface area contributed by atoms with Gasteiger partial charge in [-0.05, 0) is 89.9 Å². The molecule has 0 unspecified atom stereocenters. The van der Waals surface area contributed by atoms with E-state index in [0.29, 0.717) is 29.6 Å². The summed E-state index contributed by atoms with van der Waals surface area (Å²) in [5.74, 6) is 2.26. The second-order valence-electron chi connectivity index (χ2n) is 14.8. The second-order valence-corrected chi connectivity index (χ2v) is 14.8. The van der Waals surface area contributed by atoms with Crippen LogP contribution in [0.1, 0.15) is 101 Å². The fourth-order valence-corrected chi connectivity index (χ4v) is 8.44. The van der Waals surface area contributed by atoms with E-state index in [1.165, 1.54) is 0 Å². The van der Waals surface area contributed by atoms with Crippen molar-refractivity contribution in [2.24, 2.45) is 45.3 Å². The van der Waals surface area contributed by atoms with E-state index < -0.39 is 10.8 Å². The Bertz CT molecular complexity index is 968. The summed E-state index contributed by atoms with van der Waals surface area (Å²) in [6.45, 7) is 21.6. The average molecular weight is 471 g/mol. The highest BCUT2D eigenvalue weighted by molar-refractivity contribution is 6.19. The predicted molar refractivity (Wildman–Crippen MR) is 133 cm³/mol. The molecule has 0 aromatic carbocycles. The molecule has 2 heterocycles. The van der Waals surface area contributed by atoms with E-state index >= 15 is 0 Å². The van der Waals surface area contributed by atoms with Gasteiger partial charge in [-0.2, -0.15) is 0 Å². The first-order chi connectivity index (χ1) is 15.5. The zero-order valence-corrected chi connectivity index (χ0v) is 23.1. The lowest BCUT2D eigenvalue weighted by Gasteiger charge is -2.55. The van der Waals surface area contributed by atoms with Crippen LogP contribution >= 0.6 is 0 Å². The molecule has 3 aliphatic carbocycles. The van der Waals surface area contributed by atoms with Crippen molar-refractivity contribution in [2.45, 2.75) is 119 Å². The molecule has 3 fully saturated rings. The van der Waals surface area contributed by atoms with E-state index in [-0.39, 0.29) is 40.0 Å². The van der Waals surface area contributed by atoms with Crippen molar-refractivity contribution in [1.29, 1.82) is 0 Å². The highest BCUT2D eigenvalue weighted by atomic mass is 16.6. The molecule has 0 amide bonds. The lowest BCUT2D eigenvalue weighted by atomic mass is 9.53. The Morgan fingerprint density at radius 2 is 1.56 bits per heavy atom. The summed E-state index contributed by atoms with van der Waals surface area (Å²) < 4.78 is 13.3. The Labute approximate surface area is 206 Å². The van der Waals surface area contributed by atoms with Crippen LogP contribution in [0.25, 0.3) is 0 Å². The van der Waals surface area contributed by atoms with Crippen LogP contribution in [0.3, 0.4) is 0 Å². The highest BCUT2D eigenvalue weighted by Gasteiger charge is 2.70. The van der Waals surface area contributed by atoms with Crippen molar-refractivity contribution < 1.29 is 19.1 Å². The second kappa shape index (κ2) is 6.99. The van der Waals surface area contributed by atoms with Crippen molar-refractivity contribution in [2.75, 3.05) is 0 Å². The van der Waals surface area contributed by atoms with Gasteiger partial charge in [0.2, 0.25) is 0 Å². The first-order valence-corrected chi connectivity index (χ1v) is 13.7. The number of allylic oxidation sites excluding steroid dienone is 2. The average Bonchev–Trinajstić information content (AvgIpc) is 3.54. The molecule has 0 spiro atoms. The molecule has 0 aromatic rings. The van der Waals surface area contributed by atoms with Crippen LogP contribution in [0.15, 0.2) is 11.3 Å². The van der Waals surface area contributed by atoms with Gasteiger partial charge in [-0.3, -0.25) is 9.59 Å². The van der Waals surface area contributed by atoms with Crippen LogP contribution in [-0.2, 0) is 19.1 Å². The lowest BCUT2D eigenvalue weighted by molar-refractivity contribution is -0.155. The Kier molecular flexibility index (Phi) is 5.04. The maximum atomic E-state index is 14.0. The molecule has 7 atom stereocenters. The fraction of sp³-hybridized carbons (Fsp3) is 0.867. The Morgan fingerprint density at radius 3 is 2.18 bits per heavy atom. The van der Waals surface area contributed by atoms with Crippen LogP contribution in [0.4, 0.5) is 0 Å². The summed E-state index contributed by atoms with van der Waals surface area (Å²) in [5.41, 5.74) is -0.911. The van der Waals surface area contributed by atoms with E-state index in [0.717, 1.165) is 37.7 Å². The van der Waals surface area contributed by atoms with Gasteiger partial charge >= 0.3 is 0 Å². The SMILES string of the molecule is CC(C)C[C@H]1C2=C(O[C@@H]3[C@H]4[C@H](CC[C@@]5(C)O[C@@H]5CC[C@]31C)C4(C)C)C(C)(C)C(=O)C(C)(C)C2=O. The molecule has 5 aliphatic rings. The van der Waals surface area contributed by atoms with E-state index in [9.17, 15) is 9.59 Å². The maximum Gasteiger partial charge on any atom is 0.175 e. The number of rotatable bonds is 2. The molecule has 0 radical (unpaired) electrons. The van der Waals surface area contributed by atoms with E-state index in [2.05, 4.69) is 41.5 Å². The van der Waals surface area contributed by atoms with Gasteiger partial charge < -0.3 is 9.47 Å². The molecule has 190 valence electrons. The zero-order valence-electron chi connectivity index (χ0n) is 23.1. The summed E-state index contributed by atoms with van der Waals surface area (Å²) >= 11 is 0. The Morgan fingerprint density at radius 1 is 0.912 bits per heavy atom. The standard InChI is InChI=1S/C30H46O4/c1-16(2)15-18-20-22(31)27(5,6)25(32)28(7,8)23(20)33-24-21-17(26(21,3)4)11-14-30(10)19(34-30)12-13-29(18,24)9/h16-19,21,24H,11-15H2,1-10H3/t17-,18-,19+,21+,24+,29-,30+/m0/s1. The molecule has 1 saturated heterocycles. The number of ketones is 2. The number of hydrogen-bond acceptors (Lipinski definition) is 4. The number of hydrogen-bond donors (Lipinski definition) is 0. The third kappa shape index (κ3) is 3.12. The van der Waals surface area contributed by atoms with Gasteiger partial charge in [0.1, 0.15) is 11.9 Å². The number of carbonyl (C=O) groups is 2. The third-order valence-corrected chi connectivity index (χ3v) is 10.9. The summed E-state index contributed by atoms with van der Waals surface area (Å²) in [7, 11) is 0. The third-order valence-electron chi connectivity index (χ3n) is 10.9. The number of ether oxygens (including phenoxy) is 2. The van der Waals surface area contributed by atoms with Crippen molar-refractivity contribution in [3.05, 3.63) is 11.3 Å². The zero-order chi connectivity index (χ0) is 25.2. The molecule has 4 nitrogen and oxygen atoms in total. The molecule has 0 aromatic heterocycles. The molecule has 4 heteroatoms. The van der Waals surface area contributed by atoms with E-state index in [1.54, 1.807) is 0 Å². The summed E-state index contributed by atoms with van der Waals surface area (Å²) in [6, 6.07) is 0. The maximum absolute atomic E-state index is 14.0. The molecular weight excluding hydrogens is 424 g/mol. The largest absolute Gasteiger partial charge is 0.492 e. The minimum absolute atomic E-state index is 0.00615. The van der Waals surface area contributed by atoms with Crippen LogP contribution in [0.5, 0.6) is 0 Å². The number of carbonyl (C=O) groups excluding carboxylic acids is 2.